The zero-order chi connectivity index (χ0) is 19.8. The van der Waals surface area contributed by atoms with Crippen LogP contribution in [0.3, 0.4) is 0 Å². The van der Waals surface area contributed by atoms with Crippen molar-refractivity contribution in [2.75, 3.05) is 0 Å². The van der Waals surface area contributed by atoms with Gasteiger partial charge in [0.05, 0.1) is 12.5 Å². The maximum Gasteiger partial charge on any atom is 0.573 e. The van der Waals surface area contributed by atoms with Gasteiger partial charge >= 0.3 is 12.5 Å². The van der Waals surface area contributed by atoms with Crippen molar-refractivity contribution in [3.05, 3.63) is 29.8 Å². The summed E-state index contributed by atoms with van der Waals surface area (Å²) in [6.45, 7) is 1.42. The molecular weight excluding hydrogens is 368 g/mol. The summed E-state index contributed by atoms with van der Waals surface area (Å²) < 4.78 is 79.0. The van der Waals surface area contributed by atoms with E-state index in [1.807, 2.05) is 0 Å². The van der Waals surface area contributed by atoms with Gasteiger partial charge in [-0.05, 0) is 37.5 Å². The zero-order valence-corrected chi connectivity index (χ0v) is 13.5. The largest absolute Gasteiger partial charge is 0.573 e. The van der Waals surface area contributed by atoms with Crippen molar-refractivity contribution < 1.29 is 40.7 Å². The number of alkyl halides is 6. The molecule has 1 aliphatic rings. The van der Waals surface area contributed by atoms with Gasteiger partial charge in [-0.2, -0.15) is 13.2 Å². The number of carbonyl (C=O) groups is 2. The van der Waals surface area contributed by atoms with Gasteiger partial charge in [0.2, 0.25) is 5.91 Å². The number of carbonyl (C=O) groups excluding carboxylic acids is 2. The fraction of sp³-hybridized carbons (Fsp3) is 0.500. The van der Waals surface area contributed by atoms with Crippen molar-refractivity contribution in [3.8, 4) is 5.75 Å². The number of hydrogen-bond donors (Lipinski definition) is 1. The molecule has 1 aromatic rings. The van der Waals surface area contributed by atoms with Crippen molar-refractivity contribution in [3.63, 3.8) is 0 Å². The molecule has 26 heavy (non-hydrogen) atoms. The van der Waals surface area contributed by atoms with Crippen LogP contribution in [-0.4, -0.2) is 24.2 Å². The fourth-order valence-electron chi connectivity index (χ4n) is 2.52. The van der Waals surface area contributed by atoms with Crippen LogP contribution in [0.25, 0.3) is 0 Å². The first kappa shape index (κ1) is 20.1. The molecule has 1 aliphatic carbocycles. The Morgan fingerprint density at radius 3 is 2.31 bits per heavy atom. The van der Waals surface area contributed by atoms with Gasteiger partial charge in [0.15, 0.2) is 5.78 Å². The molecule has 0 saturated heterocycles. The van der Waals surface area contributed by atoms with Crippen LogP contribution in [0.1, 0.15) is 37.8 Å². The Labute approximate surface area is 144 Å². The summed E-state index contributed by atoms with van der Waals surface area (Å²) in [5.41, 5.74) is -2.20. The number of amides is 1. The third-order valence-electron chi connectivity index (χ3n) is 4.12. The Balaban J connectivity index is 1.97. The lowest BCUT2D eigenvalue weighted by Crippen LogP contribution is -2.37. The Kier molecular flexibility index (Phi) is 5.25. The molecule has 10 heteroatoms. The first-order chi connectivity index (χ1) is 11.8. The lowest BCUT2D eigenvalue weighted by atomic mass is 9.97. The fourth-order valence-corrected chi connectivity index (χ4v) is 2.52. The van der Waals surface area contributed by atoms with E-state index in [2.05, 4.69) is 10.1 Å². The maximum absolute atomic E-state index is 12.8. The topological polar surface area (TPSA) is 55.4 Å². The molecule has 144 valence electrons. The Bertz CT molecular complexity index is 694. The molecule has 1 unspecified atom stereocenters. The molecule has 0 aliphatic heterocycles. The molecule has 1 aromatic carbocycles. The summed E-state index contributed by atoms with van der Waals surface area (Å²) in [5.74, 6) is -2.63. The van der Waals surface area contributed by atoms with Crippen LogP contribution < -0.4 is 10.1 Å². The number of nitrogens with one attached hydrogen (secondary N) is 1. The molecule has 1 saturated carbocycles. The summed E-state index contributed by atoms with van der Waals surface area (Å²) in [6.07, 6.45) is -11.2. The normalized spacial score (nSPS) is 17.3. The average molecular weight is 383 g/mol. The SMILES string of the molecule is CC(NC(=O)CC(=O)C1(C(F)(F)F)CC1)c1cccc(OC(F)(F)F)c1. The minimum atomic E-state index is -4.88. The van der Waals surface area contributed by atoms with Gasteiger partial charge in [-0.15, -0.1) is 13.2 Å². The molecule has 1 N–H and O–H groups in total. The van der Waals surface area contributed by atoms with Crippen molar-refractivity contribution in [1.29, 1.82) is 0 Å². The lowest BCUT2D eigenvalue weighted by molar-refractivity contribution is -0.274. The molecule has 2 rings (SSSR count). The molecule has 0 aromatic heterocycles. The van der Waals surface area contributed by atoms with Crippen LogP contribution in [-0.2, 0) is 9.59 Å². The molecule has 1 amide bonds. The molecule has 0 radical (unpaired) electrons. The van der Waals surface area contributed by atoms with Gasteiger partial charge in [0.1, 0.15) is 11.2 Å². The van der Waals surface area contributed by atoms with E-state index in [-0.39, 0.29) is 18.4 Å². The monoisotopic (exact) mass is 383 g/mol. The second-order valence-electron chi connectivity index (χ2n) is 6.09. The molecule has 1 fully saturated rings. The maximum atomic E-state index is 12.8. The Hall–Kier alpha value is -2.26. The van der Waals surface area contributed by atoms with E-state index >= 15 is 0 Å². The highest BCUT2D eigenvalue weighted by molar-refractivity contribution is 6.02. The van der Waals surface area contributed by atoms with Crippen LogP contribution >= 0.6 is 0 Å². The molecule has 0 heterocycles. The quantitative estimate of drug-likeness (QED) is 0.595. The second kappa shape index (κ2) is 6.81. The molecule has 1 atom stereocenters. The predicted molar refractivity (Wildman–Crippen MR) is 77.0 cm³/mol. The highest BCUT2D eigenvalue weighted by atomic mass is 19.4. The van der Waals surface area contributed by atoms with Crippen LogP contribution in [0, 0.1) is 5.41 Å². The van der Waals surface area contributed by atoms with E-state index in [1.54, 1.807) is 0 Å². The number of ether oxygens (including phenoxy) is 1. The van der Waals surface area contributed by atoms with Gasteiger partial charge in [-0.25, -0.2) is 0 Å². The second-order valence-corrected chi connectivity index (χ2v) is 6.09. The van der Waals surface area contributed by atoms with Gasteiger partial charge in [0.25, 0.3) is 0 Å². The van der Waals surface area contributed by atoms with Crippen LogP contribution in [0.4, 0.5) is 26.3 Å². The summed E-state index contributed by atoms with van der Waals surface area (Å²) in [5, 5.41) is 2.30. The third kappa shape index (κ3) is 4.67. The van der Waals surface area contributed by atoms with Crippen LogP contribution in [0.15, 0.2) is 24.3 Å². The van der Waals surface area contributed by atoms with Crippen molar-refractivity contribution in [2.45, 2.75) is 44.8 Å². The van der Waals surface area contributed by atoms with E-state index in [0.717, 1.165) is 12.1 Å². The number of Topliss-reactive ketones (excluding diaryl/α,β-unsaturated/α-hetero) is 1. The smallest absolute Gasteiger partial charge is 0.406 e. The van der Waals surface area contributed by atoms with Crippen molar-refractivity contribution in [2.24, 2.45) is 5.41 Å². The first-order valence-electron chi connectivity index (χ1n) is 7.59. The standard InChI is InChI=1S/C16H15F6NO3/c1-9(10-3-2-4-11(7-10)26-16(20,21)22)23-13(25)8-12(24)14(5-6-14)15(17,18)19/h2-4,7,9H,5-6,8H2,1H3,(H,23,25). The summed E-state index contributed by atoms with van der Waals surface area (Å²) >= 11 is 0. The summed E-state index contributed by atoms with van der Waals surface area (Å²) in [7, 11) is 0. The van der Waals surface area contributed by atoms with E-state index in [9.17, 15) is 35.9 Å². The van der Waals surface area contributed by atoms with Crippen LogP contribution in [0.2, 0.25) is 0 Å². The lowest BCUT2D eigenvalue weighted by Gasteiger charge is -2.19. The summed E-state index contributed by atoms with van der Waals surface area (Å²) in [4.78, 5) is 23.6. The molecule has 0 spiro atoms. The highest BCUT2D eigenvalue weighted by Crippen LogP contribution is 2.58. The Morgan fingerprint density at radius 2 is 1.81 bits per heavy atom. The van der Waals surface area contributed by atoms with E-state index in [1.165, 1.54) is 19.1 Å². The molecular formula is C16H15F6NO3. The number of benzene rings is 1. The van der Waals surface area contributed by atoms with Gasteiger partial charge in [0, 0.05) is 0 Å². The average Bonchev–Trinajstić information content (AvgIpc) is 3.26. The summed E-state index contributed by atoms with van der Waals surface area (Å²) in [6, 6.07) is 3.96. The van der Waals surface area contributed by atoms with Crippen molar-refractivity contribution >= 4 is 11.7 Å². The van der Waals surface area contributed by atoms with Crippen molar-refractivity contribution in [1.82, 2.24) is 5.32 Å². The predicted octanol–water partition coefficient (Wildman–Crippen LogP) is 4.06. The highest BCUT2D eigenvalue weighted by Gasteiger charge is 2.67. The van der Waals surface area contributed by atoms with E-state index in [4.69, 9.17) is 0 Å². The van der Waals surface area contributed by atoms with Gasteiger partial charge in [-0.1, -0.05) is 12.1 Å². The molecule has 4 nitrogen and oxygen atoms in total. The molecule has 0 bridgehead atoms. The van der Waals surface area contributed by atoms with Gasteiger partial charge < -0.3 is 10.1 Å². The minimum Gasteiger partial charge on any atom is -0.406 e. The number of rotatable bonds is 6. The minimum absolute atomic E-state index is 0.240. The first-order valence-corrected chi connectivity index (χ1v) is 7.59. The number of halogens is 6. The zero-order valence-electron chi connectivity index (χ0n) is 13.5. The number of ketones is 1. The third-order valence-corrected chi connectivity index (χ3v) is 4.12. The Morgan fingerprint density at radius 1 is 1.19 bits per heavy atom. The van der Waals surface area contributed by atoms with Gasteiger partial charge in [-0.3, -0.25) is 9.59 Å². The van der Waals surface area contributed by atoms with E-state index < -0.39 is 47.9 Å². The number of hydrogen-bond acceptors (Lipinski definition) is 3. The van der Waals surface area contributed by atoms with Crippen LogP contribution in [0.5, 0.6) is 5.75 Å². The van der Waals surface area contributed by atoms with E-state index in [0.29, 0.717) is 0 Å².